The van der Waals surface area contributed by atoms with Crippen molar-refractivity contribution in [2.75, 3.05) is 0 Å². The fourth-order valence-electron chi connectivity index (χ4n) is 9.21. The molecule has 4 aliphatic rings. The summed E-state index contributed by atoms with van der Waals surface area (Å²) in [5.74, 6) is 4.61. The van der Waals surface area contributed by atoms with Crippen LogP contribution in [0.2, 0.25) is 0 Å². The maximum absolute atomic E-state index is 11.6. The largest absolute Gasteiger partial charge is 0.393 e. The van der Waals surface area contributed by atoms with Crippen molar-refractivity contribution in [2.45, 2.75) is 116 Å². The molecule has 174 valence electrons. The van der Waals surface area contributed by atoms with Crippen molar-refractivity contribution in [1.82, 2.24) is 0 Å². The number of aliphatic hydroxyl groups excluding tert-OH is 2. The van der Waals surface area contributed by atoms with Crippen LogP contribution in [-0.4, -0.2) is 27.2 Å². The molecule has 0 amide bonds. The molecule has 4 fully saturated rings. The average Bonchev–Trinajstić information content (AvgIpc) is 3.04. The Bertz CT molecular complexity index is 608. The molecule has 4 rings (SSSR count). The van der Waals surface area contributed by atoms with Gasteiger partial charge in [0.1, 0.15) is 0 Å². The third-order valence-electron chi connectivity index (χ3n) is 10.9. The quantitative estimate of drug-likeness (QED) is 0.422. The van der Waals surface area contributed by atoms with Gasteiger partial charge in [0.2, 0.25) is 0 Å². The summed E-state index contributed by atoms with van der Waals surface area (Å²) in [5.41, 5.74) is 0.684. The van der Waals surface area contributed by atoms with E-state index in [0.29, 0.717) is 29.1 Å². The molecular formula is C27H47BrO2. The number of fused-ring (bicyclic) bond motifs is 5. The molecule has 3 heteroatoms. The van der Waals surface area contributed by atoms with Gasteiger partial charge in [0.05, 0.1) is 12.2 Å². The zero-order valence-electron chi connectivity index (χ0n) is 20.1. The first-order valence-electron chi connectivity index (χ1n) is 13.1. The van der Waals surface area contributed by atoms with Crippen LogP contribution in [-0.2, 0) is 0 Å². The van der Waals surface area contributed by atoms with Crippen molar-refractivity contribution < 1.29 is 10.2 Å². The summed E-state index contributed by atoms with van der Waals surface area (Å²) in [6, 6.07) is 0. The first-order chi connectivity index (χ1) is 14.1. The van der Waals surface area contributed by atoms with Crippen molar-refractivity contribution >= 4 is 15.9 Å². The number of aliphatic hydroxyl groups is 2. The van der Waals surface area contributed by atoms with E-state index in [9.17, 15) is 10.2 Å². The Hall–Kier alpha value is 0.400. The number of rotatable bonds is 5. The predicted molar refractivity (Wildman–Crippen MR) is 129 cm³/mol. The van der Waals surface area contributed by atoms with Gasteiger partial charge in [-0.3, -0.25) is 0 Å². The third-order valence-corrected chi connectivity index (χ3v) is 12.1. The molecule has 2 N–H and O–H groups in total. The molecule has 0 radical (unpaired) electrons. The fourth-order valence-corrected chi connectivity index (χ4v) is 10.4. The van der Waals surface area contributed by atoms with Crippen LogP contribution in [0, 0.1) is 52.3 Å². The summed E-state index contributed by atoms with van der Waals surface area (Å²) >= 11 is 3.97. The molecule has 0 aromatic carbocycles. The van der Waals surface area contributed by atoms with Crippen molar-refractivity contribution in [3.8, 4) is 0 Å². The van der Waals surface area contributed by atoms with Crippen LogP contribution < -0.4 is 0 Å². The van der Waals surface area contributed by atoms with E-state index in [1.807, 2.05) is 0 Å². The van der Waals surface area contributed by atoms with Crippen LogP contribution in [0.4, 0.5) is 0 Å². The van der Waals surface area contributed by atoms with Gasteiger partial charge < -0.3 is 10.2 Å². The number of hydrogen-bond acceptors (Lipinski definition) is 2. The summed E-state index contributed by atoms with van der Waals surface area (Å²) in [5, 5.41) is 21.9. The molecule has 0 aromatic rings. The highest BCUT2D eigenvalue weighted by Gasteiger charge is 2.64. The second kappa shape index (κ2) is 8.64. The molecule has 9 unspecified atom stereocenters. The summed E-state index contributed by atoms with van der Waals surface area (Å²) < 4.78 is 0. The van der Waals surface area contributed by atoms with Gasteiger partial charge in [-0.2, -0.15) is 0 Å². The topological polar surface area (TPSA) is 40.5 Å². The second-order valence-corrected chi connectivity index (χ2v) is 13.9. The molecule has 0 aliphatic heterocycles. The Morgan fingerprint density at radius 3 is 2.23 bits per heavy atom. The molecule has 4 saturated carbocycles. The fraction of sp³-hybridized carbons (Fsp3) is 1.00. The Morgan fingerprint density at radius 1 is 0.867 bits per heavy atom. The van der Waals surface area contributed by atoms with Crippen LogP contribution in [0.3, 0.4) is 0 Å². The van der Waals surface area contributed by atoms with Crippen molar-refractivity contribution in [2.24, 2.45) is 52.3 Å². The second-order valence-electron chi connectivity index (χ2n) is 12.8. The van der Waals surface area contributed by atoms with Crippen molar-refractivity contribution in [3.05, 3.63) is 0 Å². The van der Waals surface area contributed by atoms with Gasteiger partial charge in [-0.1, -0.05) is 69.8 Å². The monoisotopic (exact) mass is 482 g/mol. The lowest BCUT2D eigenvalue weighted by Crippen LogP contribution is -2.62. The molecule has 0 saturated heterocycles. The van der Waals surface area contributed by atoms with E-state index < -0.39 is 0 Å². The van der Waals surface area contributed by atoms with E-state index >= 15 is 0 Å². The van der Waals surface area contributed by atoms with Gasteiger partial charge in [-0.15, -0.1) is 0 Å². The van der Waals surface area contributed by atoms with Crippen LogP contribution in [0.25, 0.3) is 0 Å². The van der Waals surface area contributed by atoms with E-state index in [1.54, 1.807) is 0 Å². The van der Waals surface area contributed by atoms with E-state index in [0.717, 1.165) is 37.0 Å². The van der Waals surface area contributed by atoms with E-state index in [2.05, 4.69) is 50.5 Å². The van der Waals surface area contributed by atoms with Gasteiger partial charge in [0, 0.05) is 4.83 Å². The van der Waals surface area contributed by atoms with Crippen molar-refractivity contribution in [1.29, 1.82) is 0 Å². The number of halogens is 1. The minimum atomic E-state index is -0.252. The molecule has 0 heterocycles. The predicted octanol–water partition coefficient (Wildman–Crippen LogP) is 6.81. The summed E-state index contributed by atoms with van der Waals surface area (Å²) in [6.07, 6.45) is 11.9. The van der Waals surface area contributed by atoms with Gasteiger partial charge in [0.25, 0.3) is 0 Å². The van der Waals surface area contributed by atoms with E-state index in [4.69, 9.17) is 0 Å². The maximum Gasteiger partial charge on any atom is 0.0701 e. The maximum atomic E-state index is 11.6. The molecular weight excluding hydrogens is 436 g/mol. The SMILES string of the molecule is CC(C)CCC[C@@H](C)C1CCC2C3C(O)C(Br)[C@H]4CC(O)CCC4(C)C3CCC21C. The molecule has 0 spiro atoms. The Kier molecular flexibility index (Phi) is 6.78. The van der Waals surface area contributed by atoms with Gasteiger partial charge in [-0.25, -0.2) is 0 Å². The van der Waals surface area contributed by atoms with Gasteiger partial charge in [-0.05, 0) is 97.2 Å². The smallest absolute Gasteiger partial charge is 0.0701 e. The lowest BCUT2D eigenvalue weighted by Gasteiger charge is -2.63. The minimum absolute atomic E-state index is 0.142. The third kappa shape index (κ3) is 3.75. The highest BCUT2D eigenvalue weighted by atomic mass is 79.9. The normalized spacial score (nSPS) is 51.9. The Balaban J connectivity index is 1.54. The first-order valence-corrected chi connectivity index (χ1v) is 14.0. The molecule has 4 aliphatic carbocycles. The van der Waals surface area contributed by atoms with E-state index in [-0.39, 0.29) is 22.5 Å². The number of hydrogen-bond donors (Lipinski definition) is 2. The standard InChI is InChI=1S/C27H47BrO2/c1-16(2)7-6-8-17(3)19-9-10-20-23-21(12-14-26(19,20)4)27(5)13-11-18(29)15-22(27)24(28)25(23)30/h16-25,29-30H,6-15H2,1-5H3/t17-,18?,19?,20?,21?,22-,23?,24?,25?,26?,27?/m1/s1. The summed E-state index contributed by atoms with van der Waals surface area (Å²) in [4.78, 5) is 0.142. The Morgan fingerprint density at radius 2 is 1.53 bits per heavy atom. The zero-order chi connectivity index (χ0) is 21.8. The molecule has 0 aromatic heterocycles. The van der Waals surface area contributed by atoms with Crippen LogP contribution in [0.5, 0.6) is 0 Å². The summed E-state index contributed by atoms with van der Waals surface area (Å²) in [6.45, 7) is 12.3. The Labute approximate surface area is 194 Å². The highest BCUT2D eigenvalue weighted by molar-refractivity contribution is 9.09. The lowest BCUT2D eigenvalue weighted by molar-refractivity contribution is -0.169. The molecule has 2 nitrogen and oxygen atoms in total. The minimum Gasteiger partial charge on any atom is -0.393 e. The highest BCUT2D eigenvalue weighted by Crippen LogP contribution is 2.69. The van der Waals surface area contributed by atoms with Gasteiger partial charge >= 0.3 is 0 Å². The van der Waals surface area contributed by atoms with Gasteiger partial charge in [0.15, 0.2) is 0 Å². The van der Waals surface area contributed by atoms with Crippen LogP contribution >= 0.6 is 15.9 Å². The molecule has 0 bridgehead atoms. The first kappa shape index (κ1) is 23.6. The zero-order valence-corrected chi connectivity index (χ0v) is 21.7. The lowest BCUT2D eigenvalue weighted by atomic mass is 9.43. The molecule has 11 atom stereocenters. The number of alkyl halides is 1. The van der Waals surface area contributed by atoms with Crippen LogP contribution in [0.15, 0.2) is 0 Å². The molecule has 30 heavy (non-hydrogen) atoms. The van der Waals surface area contributed by atoms with Crippen LogP contribution in [0.1, 0.15) is 98.8 Å². The average molecular weight is 484 g/mol. The van der Waals surface area contributed by atoms with E-state index in [1.165, 1.54) is 44.9 Å². The summed E-state index contributed by atoms with van der Waals surface area (Å²) in [7, 11) is 0. The van der Waals surface area contributed by atoms with Crippen molar-refractivity contribution in [3.63, 3.8) is 0 Å².